The highest BCUT2D eigenvalue weighted by Crippen LogP contribution is 2.21. The summed E-state index contributed by atoms with van der Waals surface area (Å²) in [6.45, 7) is 2.54. The molecular formula is C18H17ClN4O2. The Morgan fingerprint density at radius 2 is 2.04 bits per heavy atom. The van der Waals surface area contributed by atoms with Crippen LogP contribution in [0.4, 0.5) is 0 Å². The van der Waals surface area contributed by atoms with E-state index in [0.29, 0.717) is 23.0 Å². The average molecular weight is 357 g/mol. The van der Waals surface area contributed by atoms with Crippen LogP contribution in [0.2, 0.25) is 5.02 Å². The lowest BCUT2D eigenvalue weighted by molar-refractivity contribution is 0.0944. The Morgan fingerprint density at radius 1 is 1.24 bits per heavy atom. The van der Waals surface area contributed by atoms with Gasteiger partial charge in [-0.15, -0.1) is 0 Å². The van der Waals surface area contributed by atoms with E-state index in [1.807, 2.05) is 25.1 Å². The van der Waals surface area contributed by atoms with Crippen molar-refractivity contribution in [2.75, 3.05) is 0 Å². The van der Waals surface area contributed by atoms with E-state index >= 15 is 0 Å². The van der Waals surface area contributed by atoms with E-state index in [1.54, 1.807) is 41.5 Å². The van der Waals surface area contributed by atoms with Gasteiger partial charge in [0.15, 0.2) is 6.73 Å². The third-order valence-corrected chi connectivity index (χ3v) is 3.99. The van der Waals surface area contributed by atoms with Gasteiger partial charge in [-0.25, -0.2) is 4.68 Å². The Hall–Kier alpha value is -2.86. The van der Waals surface area contributed by atoms with Crippen LogP contribution in [-0.2, 0) is 13.3 Å². The second kappa shape index (κ2) is 7.81. The van der Waals surface area contributed by atoms with Gasteiger partial charge in [0.25, 0.3) is 5.91 Å². The first kappa shape index (κ1) is 17.0. The summed E-state index contributed by atoms with van der Waals surface area (Å²) in [4.78, 5) is 16.1. The number of nitrogens with one attached hydrogen (secondary N) is 1. The molecule has 1 amide bonds. The number of hydrogen-bond donors (Lipinski definition) is 1. The highest BCUT2D eigenvalue weighted by molar-refractivity contribution is 6.31. The Balaban J connectivity index is 1.54. The molecule has 0 atom stereocenters. The number of carbonyl (C=O) groups is 1. The molecule has 3 aromatic rings. The van der Waals surface area contributed by atoms with Gasteiger partial charge in [0.1, 0.15) is 11.4 Å². The van der Waals surface area contributed by atoms with Gasteiger partial charge in [-0.3, -0.25) is 9.78 Å². The van der Waals surface area contributed by atoms with Gasteiger partial charge in [-0.05, 0) is 54.4 Å². The molecule has 128 valence electrons. The monoisotopic (exact) mass is 356 g/mol. The second-order valence-electron chi connectivity index (χ2n) is 5.46. The molecule has 0 aliphatic rings. The van der Waals surface area contributed by atoms with Crippen LogP contribution in [-0.4, -0.2) is 20.7 Å². The van der Waals surface area contributed by atoms with Crippen LogP contribution in [0.15, 0.2) is 55.0 Å². The summed E-state index contributed by atoms with van der Waals surface area (Å²) in [6, 6.07) is 10.8. The van der Waals surface area contributed by atoms with Gasteiger partial charge in [-0.1, -0.05) is 11.6 Å². The highest BCUT2D eigenvalue weighted by Gasteiger charge is 2.09. The molecular weight excluding hydrogens is 340 g/mol. The first-order chi connectivity index (χ1) is 12.1. The molecule has 0 aliphatic carbocycles. The normalized spacial score (nSPS) is 10.5. The summed E-state index contributed by atoms with van der Waals surface area (Å²) in [6.07, 6.45) is 5.07. The first-order valence-electron chi connectivity index (χ1n) is 7.71. The van der Waals surface area contributed by atoms with Crippen LogP contribution in [0.1, 0.15) is 21.6 Å². The molecule has 1 N–H and O–H groups in total. The van der Waals surface area contributed by atoms with Gasteiger partial charge in [0, 0.05) is 30.2 Å². The number of aryl methyl sites for hydroxylation is 1. The molecule has 0 aliphatic heterocycles. The molecule has 0 bridgehead atoms. The molecule has 7 heteroatoms. The van der Waals surface area contributed by atoms with Crippen molar-refractivity contribution in [2.24, 2.45) is 0 Å². The van der Waals surface area contributed by atoms with E-state index in [-0.39, 0.29) is 12.6 Å². The lowest BCUT2D eigenvalue weighted by Gasteiger charge is -2.07. The van der Waals surface area contributed by atoms with E-state index in [0.717, 1.165) is 11.1 Å². The lowest BCUT2D eigenvalue weighted by Crippen LogP contribution is -2.23. The molecule has 2 aromatic heterocycles. The van der Waals surface area contributed by atoms with Gasteiger partial charge < -0.3 is 10.1 Å². The molecule has 25 heavy (non-hydrogen) atoms. The van der Waals surface area contributed by atoms with Crippen molar-refractivity contribution in [1.29, 1.82) is 0 Å². The zero-order valence-corrected chi connectivity index (χ0v) is 14.4. The second-order valence-corrected chi connectivity index (χ2v) is 5.87. The van der Waals surface area contributed by atoms with Crippen LogP contribution in [0.3, 0.4) is 0 Å². The number of benzene rings is 1. The first-order valence-corrected chi connectivity index (χ1v) is 8.09. The fourth-order valence-electron chi connectivity index (χ4n) is 2.18. The maximum atomic E-state index is 12.1. The maximum Gasteiger partial charge on any atom is 0.272 e. The number of halogens is 1. The van der Waals surface area contributed by atoms with Crippen LogP contribution in [0, 0.1) is 6.92 Å². The highest BCUT2D eigenvalue weighted by atomic mass is 35.5. The van der Waals surface area contributed by atoms with Crippen LogP contribution < -0.4 is 10.1 Å². The minimum absolute atomic E-state index is 0.207. The number of pyridine rings is 1. The molecule has 1 aromatic carbocycles. The van der Waals surface area contributed by atoms with Gasteiger partial charge in [0.05, 0.1) is 0 Å². The van der Waals surface area contributed by atoms with E-state index < -0.39 is 0 Å². The largest absolute Gasteiger partial charge is 0.471 e. The van der Waals surface area contributed by atoms with Crippen molar-refractivity contribution in [3.63, 3.8) is 0 Å². The third-order valence-electron chi connectivity index (χ3n) is 3.57. The van der Waals surface area contributed by atoms with Crippen molar-refractivity contribution in [3.8, 4) is 5.75 Å². The minimum Gasteiger partial charge on any atom is -0.471 e. The summed E-state index contributed by atoms with van der Waals surface area (Å²) in [5.74, 6) is 0.457. The van der Waals surface area contributed by atoms with E-state index in [4.69, 9.17) is 16.3 Å². The zero-order chi connectivity index (χ0) is 17.6. The lowest BCUT2D eigenvalue weighted by atomic mass is 10.2. The topological polar surface area (TPSA) is 69.0 Å². The fourth-order valence-corrected chi connectivity index (χ4v) is 2.29. The van der Waals surface area contributed by atoms with Crippen molar-refractivity contribution >= 4 is 17.5 Å². The Kier molecular flexibility index (Phi) is 5.30. The van der Waals surface area contributed by atoms with Gasteiger partial charge in [-0.2, -0.15) is 5.10 Å². The van der Waals surface area contributed by atoms with Crippen molar-refractivity contribution in [2.45, 2.75) is 20.2 Å². The predicted molar refractivity (Wildman–Crippen MR) is 94.5 cm³/mol. The third kappa shape index (κ3) is 4.58. The molecule has 6 nitrogen and oxygen atoms in total. The predicted octanol–water partition coefficient (Wildman–Crippen LogP) is 3.21. The SMILES string of the molecule is Cc1cc(OCn2ccc(C(=O)NCc3ccncc3)n2)ccc1Cl. The summed E-state index contributed by atoms with van der Waals surface area (Å²) < 4.78 is 7.21. The zero-order valence-electron chi connectivity index (χ0n) is 13.6. The summed E-state index contributed by atoms with van der Waals surface area (Å²) in [5, 5.41) is 7.73. The fraction of sp³-hybridized carbons (Fsp3) is 0.167. The Bertz CT molecular complexity index is 865. The molecule has 0 radical (unpaired) electrons. The van der Waals surface area contributed by atoms with E-state index in [9.17, 15) is 4.79 Å². The Labute approximate surface area is 150 Å². The summed E-state index contributed by atoms with van der Waals surface area (Å²) in [5.41, 5.74) is 2.25. The van der Waals surface area contributed by atoms with Crippen molar-refractivity contribution in [3.05, 3.63) is 76.8 Å². The summed E-state index contributed by atoms with van der Waals surface area (Å²) in [7, 11) is 0. The average Bonchev–Trinajstić information content (AvgIpc) is 3.11. The van der Waals surface area contributed by atoms with Crippen LogP contribution >= 0.6 is 11.6 Å². The number of rotatable bonds is 6. The quantitative estimate of drug-likeness (QED) is 0.736. The number of hydrogen-bond acceptors (Lipinski definition) is 4. The standard InChI is InChI=1S/C18H17ClN4O2/c1-13-10-15(2-3-16(13)19)25-12-23-9-6-17(22-23)18(24)21-11-14-4-7-20-8-5-14/h2-10H,11-12H2,1H3,(H,21,24). The van der Waals surface area contributed by atoms with Crippen molar-refractivity contribution < 1.29 is 9.53 Å². The number of nitrogens with zero attached hydrogens (tertiary/aromatic N) is 3. The minimum atomic E-state index is -0.238. The smallest absolute Gasteiger partial charge is 0.272 e. The number of ether oxygens (including phenoxy) is 1. The molecule has 0 saturated carbocycles. The van der Waals surface area contributed by atoms with E-state index in [1.165, 1.54) is 0 Å². The number of amides is 1. The van der Waals surface area contributed by atoms with Gasteiger partial charge >= 0.3 is 0 Å². The van der Waals surface area contributed by atoms with E-state index in [2.05, 4.69) is 15.4 Å². The molecule has 0 fully saturated rings. The summed E-state index contributed by atoms with van der Waals surface area (Å²) >= 11 is 5.99. The molecule has 0 unspecified atom stereocenters. The molecule has 2 heterocycles. The number of aromatic nitrogens is 3. The molecule has 0 spiro atoms. The number of carbonyl (C=O) groups excluding carboxylic acids is 1. The Morgan fingerprint density at radius 3 is 2.80 bits per heavy atom. The van der Waals surface area contributed by atoms with Crippen LogP contribution in [0.5, 0.6) is 5.75 Å². The molecule has 3 rings (SSSR count). The molecule has 0 saturated heterocycles. The maximum absolute atomic E-state index is 12.1. The van der Waals surface area contributed by atoms with Crippen molar-refractivity contribution in [1.82, 2.24) is 20.1 Å². The van der Waals surface area contributed by atoms with Gasteiger partial charge in [0.2, 0.25) is 0 Å². The van der Waals surface area contributed by atoms with Crippen LogP contribution in [0.25, 0.3) is 0 Å².